The average Bonchev–Trinajstić information content (AvgIpc) is 3.76. The van der Waals surface area contributed by atoms with E-state index in [0.717, 1.165) is 23.6 Å². The fourth-order valence-electron chi connectivity index (χ4n) is 4.40. The van der Waals surface area contributed by atoms with Gasteiger partial charge in [0.1, 0.15) is 11.3 Å². The van der Waals surface area contributed by atoms with Gasteiger partial charge in [0.05, 0.1) is 11.7 Å². The molecule has 1 aliphatic rings. The van der Waals surface area contributed by atoms with Crippen molar-refractivity contribution in [2.45, 2.75) is 58.7 Å². The number of hydrogen-bond donors (Lipinski definition) is 4. The van der Waals surface area contributed by atoms with Gasteiger partial charge in [0.25, 0.3) is 5.91 Å². The molecule has 1 unspecified atom stereocenters. The summed E-state index contributed by atoms with van der Waals surface area (Å²) in [6.07, 6.45) is 3.58. The summed E-state index contributed by atoms with van der Waals surface area (Å²) in [5.41, 5.74) is 10.3. The number of nitrogens with two attached hydrogens (primary N) is 1. The van der Waals surface area contributed by atoms with Gasteiger partial charge in [0, 0.05) is 17.9 Å². The number of anilines is 1. The highest BCUT2D eigenvalue weighted by Crippen LogP contribution is 2.30. The Kier molecular flexibility index (Phi) is 10.1. The van der Waals surface area contributed by atoms with Crippen LogP contribution in [-0.2, 0) is 16.1 Å². The van der Waals surface area contributed by atoms with Crippen LogP contribution in [0.2, 0.25) is 0 Å². The molecular weight excluding hydrogens is 526 g/mol. The number of nitrogens with one attached hydrogen (secondary N) is 3. The van der Waals surface area contributed by atoms with E-state index in [4.69, 9.17) is 10.5 Å². The lowest BCUT2D eigenvalue weighted by atomic mass is 9.98. The summed E-state index contributed by atoms with van der Waals surface area (Å²) in [7, 11) is 0. The molecule has 0 aromatic heterocycles. The van der Waals surface area contributed by atoms with Gasteiger partial charge in [-0.25, -0.2) is 9.79 Å². The van der Waals surface area contributed by atoms with E-state index in [-0.39, 0.29) is 24.2 Å². The van der Waals surface area contributed by atoms with E-state index >= 15 is 0 Å². The largest absolute Gasteiger partial charge is 0.444 e. The van der Waals surface area contributed by atoms with Crippen molar-refractivity contribution >= 4 is 29.1 Å². The fraction of sp³-hybridized carbons (Fsp3) is 0.324. The number of ether oxygens (including phenoxy) is 1. The van der Waals surface area contributed by atoms with Crippen molar-refractivity contribution < 1.29 is 14.3 Å². The van der Waals surface area contributed by atoms with Crippen LogP contribution >= 0.6 is 0 Å². The fourth-order valence-corrected chi connectivity index (χ4v) is 4.40. The number of aliphatic imine (C=N–C) groups is 1. The van der Waals surface area contributed by atoms with E-state index in [0.29, 0.717) is 17.1 Å². The number of carbonyl (C=O) groups excluding carboxylic acids is 2. The highest BCUT2D eigenvalue weighted by atomic mass is 16.6. The van der Waals surface area contributed by atoms with Gasteiger partial charge in [0.15, 0.2) is 0 Å². The topological polar surface area (TPSA) is 118 Å². The molecule has 0 saturated heterocycles. The maximum atomic E-state index is 13.4. The van der Waals surface area contributed by atoms with Crippen molar-refractivity contribution in [3.63, 3.8) is 0 Å². The van der Waals surface area contributed by atoms with Crippen LogP contribution < -0.4 is 21.7 Å². The second kappa shape index (κ2) is 14.0. The van der Waals surface area contributed by atoms with E-state index in [1.807, 2.05) is 69.3 Å². The minimum atomic E-state index is -0.583. The second-order valence-corrected chi connectivity index (χ2v) is 11.7. The zero-order valence-electron chi connectivity index (χ0n) is 24.8. The molecule has 4 rings (SSSR count). The molecule has 0 spiro atoms. The summed E-state index contributed by atoms with van der Waals surface area (Å²) in [5, 5.41) is 9.45. The summed E-state index contributed by atoms with van der Waals surface area (Å²) in [5.74, 6) is 0.354. The number of amides is 2. The Morgan fingerprint density at radius 3 is 2.40 bits per heavy atom. The molecule has 1 aliphatic carbocycles. The smallest absolute Gasteiger partial charge is 0.407 e. The zero-order chi connectivity index (χ0) is 30.1. The molecule has 1 atom stereocenters. The molecule has 2 amide bonds. The van der Waals surface area contributed by atoms with E-state index in [9.17, 15) is 9.59 Å². The summed E-state index contributed by atoms with van der Waals surface area (Å²) >= 11 is 0. The van der Waals surface area contributed by atoms with Gasteiger partial charge in [-0.15, -0.1) is 0 Å². The lowest BCUT2D eigenvalue weighted by Gasteiger charge is -2.21. The van der Waals surface area contributed by atoms with Gasteiger partial charge in [-0.2, -0.15) is 0 Å². The molecule has 5 N–H and O–H groups in total. The molecule has 42 heavy (non-hydrogen) atoms. The molecule has 8 heteroatoms. The molecule has 1 fully saturated rings. The number of alkyl carbamates (subject to hydrolysis) is 1. The van der Waals surface area contributed by atoms with Gasteiger partial charge in [-0.3, -0.25) is 4.79 Å². The Labute approximate surface area is 248 Å². The predicted molar refractivity (Wildman–Crippen MR) is 169 cm³/mol. The summed E-state index contributed by atoms with van der Waals surface area (Å²) in [6, 6.07) is 25.5. The van der Waals surface area contributed by atoms with Crippen LogP contribution in [0.4, 0.5) is 16.2 Å². The first-order valence-electron chi connectivity index (χ1n) is 14.3. The maximum absolute atomic E-state index is 13.4. The van der Waals surface area contributed by atoms with Gasteiger partial charge >= 0.3 is 6.09 Å². The lowest BCUT2D eigenvalue weighted by molar-refractivity contribution is -0.110. The van der Waals surface area contributed by atoms with Crippen LogP contribution in [0.15, 0.2) is 95.6 Å². The second-order valence-electron chi connectivity index (χ2n) is 11.7. The standard InChI is InChI=1S/C34H41N5O3/c1-23(35)18-30(38-28-14-8-10-25(19-28)22-37-33(41)42-34(2,3)4)32(40)39-29-15-9-13-27(20-29)31(36-21-24-16-17-24)26-11-6-5-7-12-26/h5-15,18-20,24,31,36H,16-17,21-22,35H2,1-4H3,(H,37,41)(H,39,40). The maximum Gasteiger partial charge on any atom is 0.407 e. The minimum Gasteiger partial charge on any atom is -0.444 e. The van der Waals surface area contributed by atoms with Crippen molar-refractivity contribution in [3.05, 3.63) is 107 Å². The molecule has 0 radical (unpaired) electrons. The van der Waals surface area contributed by atoms with E-state index in [2.05, 4.69) is 39.1 Å². The molecule has 3 aromatic carbocycles. The van der Waals surface area contributed by atoms with Crippen molar-refractivity contribution in [2.75, 3.05) is 11.9 Å². The summed E-state index contributed by atoms with van der Waals surface area (Å²) in [6.45, 7) is 8.36. The van der Waals surface area contributed by atoms with E-state index < -0.39 is 11.7 Å². The first-order valence-corrected chi connectivity index (χ1v) is 14.3. The molecule has 3 aromatic rings. The zero-order valence-corrected chi connectivity index (χ0v) is 24.8. The quantitative estimate of drug-likeness (QED) is 0.201. The Morgan fingerprint density at radius 2 is 1.71 bits per heavy atom. The molecular formula is C34H41N5O3. The number of allylic oxidation sites excluding steroid dienone is 1. The minimum absolute atomic E-state index is 0.0139. The van der Waals surface area contributed by atoms with Crippen LogP contribution in [0.3, 0.4) is 0 Å². The first-order chi connectivity index (χ1) is 20.1. The number of nitrogens with zero attached hydrogens (tertiary/aromatic N) is 1. The highest BCUT2D eigenvalue weighted by Gasteiger charge is 2.24. The summed E-state index contributed by atoms with van der Waals surface area (Å²) in [4.78, 5) is 30.1. The highest BCUT2D eigenvalue weighted by molar-refractivity contribution is 6.47. The van der Waals surface area contributed by atoms with Crippen LogP contribution in [-0.4, -0.2) is 29.9 Å². The molecule has 1 saturated carbocycles. The predicted octanol–water partition coefficient (Wildman–Crippen LogP) is 6.37. The lowest BCUT2D eigenvalue weighted by Crippen LogP contribution is -2.32. The van der Waals surface area contributed by atoms with Gasteiger partial charge in [-0.05, 0) is 100 Å². The SMILES string of the molecule is CC(N)=CC(=Nc1cccc(CNC(=O)OC(C)(C)C)c1)C(=O)Nc1cccc(C(NCC2CC2)c2ccccc2)c1. The van der Waals surface area contributed by atoms with Crippen LogP contribution in [0.5, 0.6) is 0 Å². The monoisotopic (exact) mass is 567 g/mol. The van der Waals surface area contributed by atoms with Crippen molar-refractivity contribution in [1.82, 2.24) is 10.6 Å². The Morgan fingerprint density at radius 1 is 1.00 bits per heavy atom. The van der Waals surface area contributed by atoms with E-state index in [1.165, 1.54) is 18.4 Å². The van der Waals surface area contributed by atoms with Crippen LogP contribution in [0.1, 0.15) is 63.3 Å². The third kappa shape index (κ3) is 9.89. The third-order valence-corrected chi connectivity index (χ3v) is 6.51. The molecule has 0 heterocycles. The van der Waals surface area contributed by atoms with Crippen molar-refractivity contribution in [1.29, 1.82) is 0 Å². The molecule has 8 nitrogen and oxygen atoms in total. The third-order valence-electron chi connectivity index (χ3n) is 6.51. The number of rotatable bonds is 11. The van der Waals surface area contributed by atoms with Crippen molar-refractivity contribution in [3.8, 4) is 0 Å². The molecule has 0 aliphatic heterocycles. The van der Waals surface area contributed by atoms with Gasteiger partial charge < -0.3 is 26.4 Å². The number of hydrogen-bond acceptors (Lipinski definition) is 6. The van der Waals surface area contributed by atoms with Crippen molar-refractivity contribution in [2.24, 2.45) is 16.6 Å². The Balaban J connectivity index is 1.50. The van der Waals surface area contributed by atoms with E-state index in [1.54, 1.807) is 25.1 Å². The van der Waals surface area contributed by atoms with Crippen LogP contribution in [0, 0.1) is 5.92 Å². The molecule has 0 bridgehead atoms. The number of benzene rings is 3. The Hall–Kier alpha value is -4.43. The van der Waals surface area contributed by atoms with Crippen LogP contribution in [0.25, 0.3) is 0 Å². The molecule has 220 valence electrons. The van der Waals surface area contributed by atoms with Gasteiger partial charge in [-0.1, -0.05) is 54.6 Å². The summed E-state index contributed by atoms with van der Waals surface area (Å²) < 4.78 is 5.30. The van der Waals surface area contributed by atoms with Gasteiger partial charge in [0.2, 0.25) is 0 Å². The average molecular weight is 568 g/mol. The first kappa shape index (κ1) is 30.5. The Bertz CT molecular complexity index is 1430. The number of carbonyl (C=O) groups is 2. The normalized spacial score (nSPS) is 14.7.